The molecular weight excluding hydrogens is 393 g/mol. The van der Waals surface area contributed by atoms with Crippen LogP contribution >= 0.6 is 0 Å². The number of pyridine rings is 1. The van der Waals surface area contributed by atoms with Crippen molar-refractivity contribution in [2.45, 2.75) is 51.9 Å². The summed E-state index contributed by atoms with van der Waals surface area (Å²) in [6.07, 6.45) is 2.53. The molecule has 0 fully saturated rings. The third-order valence-corrected chi connectivity index (χ3v) is 5.88. The number of aromatic nitrogens is 5. The highest BCUT2D eigenvalue weighted by atomic mass is 19.1. The average molecular weight is 417 g/mol. The SMILES string of the molecule is Cc1ccc(C)c(C2CC(F)c3nc4ccc(-c5cnc(C(C)(C)O)nc5)nc4n32)c1. The molecule has 0 amide bonds. The Morgan fingerprint density at radius 2 is 1.81 bits per heavy atom. The summed E-state index contributed by atoms with van der Waals surface area (Å²) in [6.45, 7) is 7.39. The van der Waals surface area contributed by atoms with Gasteiger partial charge in [-0.3, -0.25) is 0 Å². The molecule has 0 saturated heterocycles. The lowest BCUT2D eigenvalue weighted by molar-refractivity contribution is 0.0687. The first-order valence-electron chi connectivity index (χ1n) is 10.4. The zero-order valence-electron chi connectivity index (χ0n) is 18.0. The second-order valence-corrected chi connectivity index (χ2v) is 8.81. The smallest absolute Gasteiger partial charge is 0.161 e. The number of aliphatic hydroxyl groups is 1. The second-order valence-electron chi connectivity index (χ2n) is 8.81. The fourth-order valence-corrected chi connectivity index (χ4v) is 4.25. The van der Waals surface area contributed by atoms with E-state index in [0.29, 0.717) is 34.9 Å². The van der Waals surface area contributed by atoms with E-state index in [1.807, 2.05) is 23.6 Å². The first-order chi connectivity index (χ1) is 14.7. The molecule has 1 N–H and O–H groups in total. The van der Waals surface area contributed by atoms with Crippen LogP contribution < -0.4 is 0 Å². The molecule has 158 valence electrons. The molecule has 0 aliphatic carbocycles. The van der Waals surface area contributed by atoms with Gasteiger partial charge in [-0.2, -0.15) is 0 Å². The molecule has 0 saturated carbocycles. The number of rotatable bonds is 3. The minimum absolute atomic E-state index is 0.147. The topological polar surface area (TPSA) is 76.7 Å². The lowest BCUT2D eigenvalue weighted by Gasteiger charge is -2.18. The van der Waals surface area contributed by atoms with Crippen LogP contribution in [0.5, 0.6) is 0 Å². The molecule has 4 heterocycles. The zero-order valence-corrected chi connectivity index (χ0v) is 18.0. The van der Waals surface area contributed by atoms with Gasteiger partial charge in [-0.15, -0.1) is 0 Å². The van der Waals surface area contributed by atoms with E-state index in [4.69, 9.17) is 4.98 Å². The fraction of sp³-hybridized carbons (Fsp3) is 0.333. The molecule has 0 bridgehead atoms. The minimum Gasteiger partial charge on any atom is -0.382 e. The summed E-state index contributed by atoms with van der Waals surface area (Å²) in [5, 5.41) is 10.1. The van der Waals surface area contributed by atoms with Crippen LogP contribution in [0.25, 0.3) is 22.4 Å². The molecule has 6 nitrogen and oxygen atoms in total. The third kappa shape index (κ3) is 3.29. The number of imidazole rings is 1. The van der Waals surface area contributed by atoms with E-state index in [-0.39, 0.29) is 6.04 Å². The van der Waals surface area contributed by atoms with Gasteiger partial charge >= 0.3 is 0 Å². The van der Waals surface area contributed by atoms with Gasteiger partial charge in [0.1, 0.15) is 16.9 Å². The molecule has 2 atom stereocenters. The number of benzene rings is 1. The third-order valence-electron chi connectivity index (χ3n) is 5.88. The fourth-order valence-electron chi connectivity index (χ4n) is 4.25. The maximum Gasteiger partial charge on any atom is 0.161 e. The molecule has 7 heteroatoms. The van der Waals surface area contributed by atoms with E-state index in [1.165, 1.54) is 0 Å². The van der Waals surface area contributed by atoms with E-state index in [2.05, 4.69) is 40.1 Å². The lowest BCUT2D eigenvalue weighted by Crippen LogP contribution is -2.19. The first kappa shape index (κ1) is 19.8. The summed E-state index contributed by atoms with van der Waals surface area (Å²) in [7, 11) is 0. The van der Waals surface area contributed by atoms with Crippen molar-refractivity contribution in [3.8, 4) is 11.3 Å². The molecule has 31 heavy (non-hydrogen) atoms. The largest absolute Gasteiger partial charge is 0.382 e. The van der Waals surface area contributed by atoms with Gasteiger partial charge in [0.15, 0.2) is 17.6 Å². The predicted molar refractivity (Wildman–Crippen MR) is 116 cm³/mol. The molecule has 3 aromatic heterocycles. The molecule has 5 rings (SSSR count). The number of hydrogen-bond donors (Lipinski definition) is 1. The van der Waals surface area contributed by atoms with E-state index in [0.717, 1.165) is 22.3 Å². The highest BCUT2D eigenvalue weighted by molar-refractivity contribution is 5.76. The Balaban J connectivity index is 1.63. The van der Waals surface area contributed by atoms with Gasteiger partial charge in [-0.1, -0.05) is 23.8 Å². The van der Waals surface area contributed by atoms with Crippen molar-refractivity contribution in [2.75, 3.05) is 0 Å². The van der Waals surface area contributed by atoms with Gasteiger partial charge in [-0.25, -0.2) is 24.3 Å². The van der Waals surface area contributed by atoms with Crippen LogP contribution in [-0.2, 0) is 5.60 Å². The van der Waals surface area contributed by atoms with Crippen molar-refractivity contribution in [1.82, 2.24) is 24.5 Å². The Morgan fingerprint density at radius 1 is 1.06 bits per heavy atom. The molecule has 1 aromatic carbocycles. The van der Waals surface area contributed by atoms with E-state index >= 15 is 0 Å². The Bertz CT molecular complexity index is 1290. The van der Waals surface area contributed by atoms with Crippen molar-refractivity contribution >= 4 is 11.2 Å². The second kappa shape index (κ2) is 6.92. The van der Waals surface area contributed by atoms with Gasteiger partial charge in [0, 0.05) is 24.4 Å². The number of aryl methyl sites for hydroxylation is 2. The Hall–Kier alpha value is -3.19. The summed E-state index contributed by atoms with van der Waals surface area (Å²) in [4.78, 5) is 17.9. The Labute approximate surface area is 179 Å². The predicted octanol–water partition coefficient (Wildman–Crippen LogP) is 4.74. The molecule has 1 aliphatic heterocycles. The number of nitrogens with zero attached hydrogens (tertiary/aromatic N) is 5. The van der Waals surface area contributed by atoms with Crippen LogP contribution in [0.2, 0.25) is 0 Å². The van der Waals surface area contributed by atoms with Crippen LogP contribution in [0.4, 0.5) is 4.39 Å². The van der Waals surface area contributed by atoms with Gasteiger partial charge in [0.05, 0.1) is 11.7 Å². The van der Waals surface area contributed by atoms with Crippen molar-refractivity contribution in [1.29, 1.82) is 0 Å². The molecular formula is C24H24FN5O. The summed E-state index contributed by atoms with van der Waals surface area (Å²) in [6, 6.07) is 9.83. The maximum atomic E-state index is 14.9. The van der Waals surface area contributed by atoms with Gasteiger partial charge in [0.2, 0.25) is 0 Å². The summed E-state index contributed by atoms with van der Waals surface area (Å²) in [5.41, 5.74) is 5.00. The van der Waals surface area contributed by atoms with Crippen molar-refractivity contribution in [2.24, 2.45) is 0 Å². The first-order valence-corrected chi connectivity index (χ1v) is 10.4. The summed E-state index contributed by atoms with van der Waals surface area (Å²) < 4.78 is 16.9. The maximum absolute atomic E-state index is 14.9. The molecule has 2 unspecified atom stereocenters. The zero-order chi connectivity index (χ0) is 21.9. The highest BCUT2D eigenvalue weighted by Gasteiger charge is 2.36. The van der Waals surface area contributed by atoms with Gasteiger partial charge < -0.3 is 9.67 Å². The van der Waals surface area contributed by atoms with Crippen LogP contribution in [-0.4, -0.2) is 29.6 Å². The number of hydrogen-bond acceptors (Lipinski definition) is 5. The molecule has 0 spiro atoms. The van der Waals surface area contributed by atoms with Crippen LogP contribution in [0.3, 0.4) is 0 Å². The minimum atomic E-state index is -1.13. The lowest BCUT2D eigenvalue weighted by atomic mass is 9.97. The number of fused-ring (bicyclic) bond motifs is 3. The van der Waals surface area contributed by atoms with E-state index < -0.39 is 11.8 Å². The van der Waals surface area contributed by atoms with E-state index in [9.17, 15) is 9.50 Å². The summed E-state index contributed by atoms with van der Waals surface area (Å²) >= 11 is 0. The van der Waals surface area contributed by atoms with Crippen LogP contribution in [0.1, 0.15) is 60.8 Å². The van der Waals surface area contributed by atoms with Crippen LogP contribution in [0.15, 0.2) is 42.7 Å². The number of alkyl halides is 1. The Kier molecular flexibility index (Phi) is 4.41. The van der Waals surface area contributed by atoms with Crippen molar-refractivity contribution in [3.63, 3.8) is 0 Å². The Morgan fingerprint density at radius 3 is 2.52 bits per heavy atom. The molecule has 4 aromatic rings. The van der Waals surface area contributed by atoms with Gasteiger partial charge in [-0.05, 0) is 51.0 Å². The van der Waals surface area contributed by atoms with E-state index in [1.54, 1.807) is 26.2 Å². The highest BCUT2D eigenvalue weighted by Crippen LogP contribution is 2.43. The molecule has 1 aliphatic rings. The van der Waals surface area contributed by atoms with Crippen molar-refractivity contribution in [3.05, 3.63) is 71.1 Å². The summed E-state index contributed by atoms with van der Waals surface area (Å²) in [5.74, 6) is 0.775. The van der Waals surface area contributed by atoms with Crippen molar-refractivity contribution < 1.29 is 9.50 Å². The quantitative estimate of drug-likeness (QED) is 0.521. The monoisotopic (exact) mass is 417 g/mol. The standard InChI is InChI=1S/C24H24FN5O/c1-13-5-6-14(2)16(9-13)20-10-17(25)21-29-19-8-7-18(28-22(19)30(20)21)15-11-26-23(27-12-15)24(3,4)31/h5-9,11-12,17,20,31H,10H2,1-4H3. The van der Waals surface area contributed by atoms with Gasteiger partial charge in [0.25, 0.3) is 0 Å². The average Bonchev–Trinajstić information content (AvgIpc) is 3.26. The molecule has 0 radical (unpaired) electrons. The number of halogens is 1. The van der Waals surface area contributed by atoms with Crippen LogP contribution in [0, 0.1) is 13.8 Å². The normalized spacial score (nSPS) is 18.5.